The summed E-state index contributed by atoms with van der Waals surface area (Å²) in [5, 5.41) is 7.29. The molecule has 0 radical (unpaired) electrons. The number of hydrogen-bond donors (Lipinski definition) is 1. The Hall–Kier alpha value is -1.20. The lowest BCUT2D eigenvalue weighted by Gasteiger charge is -2.03. The largest absolute Gasteiger partial charge is 0.316 e. The van der Waals surface area contributed by atoms with Gasteiger partial charge in [0, 0.05) is 22.8 Å². The Bertz CT molecular complexity index is 490. The Morgan fingerprint density at radius 1 is 1.35 bits per heavy atom. The summed E-state index contributed by atoms with van der Waals surface area (Å²) < 4.78 is 15.7. The second-order valence-corrected chi connectivity index (χ2v) is 4.77. The van der Waals surface area contributed by atoms with Crippen molar-refractivity contribution in [3.63, 3.8) is 0 Å². The highest BCUT2D eigenvalue weighted by Gasteiger charge is 2.02. The molecule has 0 bridgehead atoms. The predicted octanol–water partition coefficient (Wildman–Crippen LogP) is 2.55. The highest BCUT2D eigenvalue weighted by molar-refractivity contribution is 9.10. The van der Waals surface area contributed by atoms with Crippen LogP contribution in [0.15, 0.2) is 35.1 Å². The number of benzene rings is 1. The van der Waals surface area contributed by atoms with Crippen LogP contribution in [0.5, 0.6) is 0 Å². The molecule has 0 saturated carbocycles. The van der Waals surface area contributed by atoms with Gasteiger partial charge in [0.25, 0.3) is 0 Å². The first-order chi connectivity index (χ1) is 8.17. The lowest BCUT2D eigenvalue weighted by molar-refractivity contribution is 0.618. The van der Waals surface area contributed by atoms with Gasteiger partial charge in [-0.25, -0.2) is 4.39 Å². The summed E-state index contributed by atoms with van der Waals surface area (Å²) in [4.78, 5) is 0. The highest BCUT2D eigenvalue weighted by Crippen LogP contribution is 2.15. The molecule has 0 aliphatic carbocycles. The van der Waals surface area contributed by atoms with Gasteiger partial charge in [-0.1, -0.05) is 15.9 Å². The molecule has 1 aromatic carbocycles. The zero-order valence-electron chi connectivity index (χ0n) is 9.45. The summed E-state index contributed by atoms with van der Waals surface area (Å²) in [5.74, 6) is -0.239. The van der Waals surface area contributed by atoms with Crippen molar-refractivity contribution in [2.24, 2.45) is 0 Å². The molecule has 3 nitrogen and oxygen atoms in total. The molecule has 2 rings (SSSR count). The second kappa shape index (κ2) is 5.42. The number of aromatic nitrogens is 2. The van der Waals surface area contributed by atoms with E-state index in [0.717, 1.165) is 22.1 Å². The van der Waals surface area contributed by atoms with Gasteiger partial charge in [-0.05, 0) is 30.8 Å². The van der Waals surface area contributed by atoms with Gasteiger partial charge in [0.05, 0.1) is 12.7 Å². The van der Waals surface area contributed by atoms with Crippen LogP contribution in [0.1, 0.15) is 11.1 Å². The smallest absolute Gasteiger partial charge is 0.124 e. The van der Waals surface area contributed by atoms with Crippen LogP contribution in [0.25, 0.3) is 0 Å². The first kappa shape index (κ1) is 12.3. The Balaban J connectivity index is 2.13. The van der Waals surface area contributed by atoms with E-state index in [2.05, 4.69) is 26.3 Å². The summed E-state index contributed by atoms with van der Waals surface area (Å²) >= 11 is 3.28. The second-order valence-electron chi connectivity index (χ2n) is 3.85. The molecule has 1 heterocycles. The van der Waals surface area contributed by atoms with Gasteiger partial charge < -0.3 is 5.32 Å². The minimum absolute atomic E-state index is 0.239. The van der Waals surface area contributed by atoms with E-state index in [1.807, 2.05) is 25.5 Å². The molecular formula is C12H13BrFN3. The van der Waals surface area contributed by atoms with E-state index in [1.54, 1.807) is 4.68 Å². The summed E-state index contributed by atoms with van der Waals surface area (Å²) in [6.07, 6.45) is 3.76. The molecule has 90 valence electrons. The van der Waals surface area contributed by atoms with Gasteiger partial charge in [0.15, 0.2) is 0 Å². The van der Waals surface area contributed by atoms with Gasteiger partial charge in [0.2, 0.25) is 0 Å². The van der Waals surface area contributed by atoms with Gasteiger partial charge in [-0.2, -0.15) is 5.10 Å². The molecule has 0 fully saturated rings. The third kappa shape index (κ3) is 3.38. The maximum atomic E-state index is 13.2. The zero-order valence-corrected chi connectivity index (χ0v) is 11.0. The van der Waals surface area contributed by atoms with Crippen molar-refractivity contribution < 1.29 is 4.39 Å². The maximum Gasteiger partial charge on any atom is 0.124 e. The molecule has 17 heavy (non-hydrogen) atoms. The van der Waals surface area contributed by atoms with Gasteiger partial charge in [-0.3, -0.25) is 4.68 Å². The van der Waals surface area contributed by atoms with Crippen LogP contribution in [0, 0.1) is 5.82 Å². The quantitative estimate of drug-likeness (QED) is 0.940. The number of nitrogens with zero attached hydrogens (tertiary/aromatic N) is 2. The third-order valence-corrected chi connectivity index (χ3v) is 2.79. The van der Waals surface area contributed by atoms with E-state index in [1.165, 1.54) is 12.1 Å². The van der Waals surface area contributed by atoms with Crippen molar-refractivity contribution in [1.82, 2.24) is 15.1 Å². The lowest BCUT2D eigenvalue weighted by atomic mass is 10.2. The van der Waals surface area contributed by atoms with Crippen LogP contribution in [0.2, 0.25) is 0 Å². The summed E-state index contributed by atoms with van der Waals surface area (Å²) in [6.45, 7) is 1.35. The first-order valence-electron chi connectivity index (χ1n) is 5.28. The fourth-order valence-corrected chi connectivity index (χ4v) is 2.19. The summed E-state index contributed by atoms with van der Waals surface area (Å²) in [7, 11) is 1.89. The van der Waals surface area contributed by atoms with E-state index < -0.39 is 0 Å². The Kier molecular flexibility index (Phi) is 3.91. The highest BCUT2D eigenvalue weighted by atomic mass is 79.9. The average molecular weight is 298 g/mol. The molecule has 0 amide bonds. The average Bonchev–Trinajstić information content (AvgIpc) is 2.64. The maximum absolute atomic E-state index is 13.2. The number of halogens is 2. The molecule has 0 aliphatic heterocycles. The van der Waals surface area contributed by atoms with Crippen molar-refractivity contribution in [1.29, 1.82) is 0 Å². The van der Waals surface area contributed by atoms with Crippen LogP contribution in [0.3, 0.4) is 0 Å². The minimum atomic E-state index is -0.239. The Morgan fingerprint density at radius 3 is 2.88 bits per heavy atom. The number of nitrogens with one attached hydrogen (secondary N) is 1. The predicted molar refractivity (Wildman–Crippen MR) is 68.2 cm³/mol. The molecular weight excluding hydrogens is 285 g/mol. The molecule has 0 unspecified atom stereocenters. The van der Waals surface area contributed by atoms with Crippen molar-refractivity contribution in [3.05, 3.63) is 52.0 Å². The molecule has 5 heteroatoms. The van der Waals surface area contributed by atoms with Crippen molar-refractivity contribution in [2.75, 3.05) is 7.05 Å². The normalized spacial score (nSPS) is 10.8. The standard InChI is InChI=1S/C12H13BrFN3/c1-15-5-10-6-16-17(8-10)7-9-2-11(13)4-12(14)3-9/h2-4,6,8,15H,5,7H2,1H3. The Labute approximate surface area is 108 Å². The topological polar surface area (TPSA) is 29.9 Å². The van der Waals surface area contributed by atoms with Crippen LogP contribution in [-0.2, 0) is 13.1 Å². The number of hydrogen-bond acceptors (Lipinski definition) is 2. The summed E-state index contributed by atoms with van der Waals surface area (Å²) in [5.41, 5.74) is 2.00. The van der Waals surface area contributed by atoms with Gasteiger partial charge >= 0.3 is 0 Å². The van der Waals surface area contributed by atoms with Crippen LogP contribution >= 0.6 is 15.9 Å². The molecule has 2 aromatic rings. The Morgan fingerprint density at radius 2 is 2.18 bits per heavy atom. The first-order valence-corrected chi connectivity index (χ1v) is 6.07. The zero-order chi connectivity index (χ0) is 12.3. The van der Waals surface area contributed by atoms with Crippen LogP contribution in [-0.4, -0.2) is 16.8 Å². The van der Waals surface area contributed by atoms with Gasteiger partial charge in [-0.15, -0.1) is 0 Å². The van der Waals surface area contributed by atoms with Crippen molar-refractivity contribution in [2.45, 2.75) is 13.1 Å². The van der Waals surface area contributed by atoms with E-state index >= 15 is 0 Å². The third-order valence-electron chi connectivity index (χ3n) is 2.33. The minimum Gasteiger partial charge on any atom is -0.316 e. The van der Waals surface area contributed by atoms with Crippen molar-refractivity contribution >= 4 is 15.9 Å². The molecule has 1 N–H and O–H groups in total. The monoisotopic (exact) mass is 297 g/mol. The lowest BCUT2D eigenvalue weighted by Crippen LogP contribution is -2.04. The van der Waals surface area contributed by atoms with E-state index in [9.17, 15) is 4.39 Å². The molecule has 0 saturated heterocycles. The fraction of sp³-hybridized carbons (Fsp3) is 0.250. The van der Waals surface area contributed by atoms with Crippen molar-refractivity contribution in [3.8, 4) is 0 Å². The van der Waals surface area contributed by atoms with E-state index in [4.69, 9.17) is 0 Å². The number of rotatable bonds is 4. The van der Waals surface area contributed by atoms with Gasteiger partial charge in [0.1, 0.15) is 5.82 Å². The molecule has 0 aliphatic rings. The SMILES string of the molecule is CNCc1cnn(Cc2cc(F)cc(Br)c2)c1. The molecule has 0 atom stereocenters. The summed E-state index contributed by atoms with van der Waals surface area (Å²) in [6, 6.07) is 4.85. The molecule has 1 aromatic heterocycles. The molecule has 0 spiro atoms. The van der Waals surface area contributed by atoms with Crippen LogP contribution in [0.4, 0.5) is 4.39 Å². The fourth-order valence-electron chi connectivity index (χ4n) is 1.68. The van der Waals surface area contributed by atoms with Crippen LogP contribution < -0.4 is 5.32 Å². The van der Waals surface area contributed by atoms with E-state index in [0.29, 0.717) is 6.54 Å². The van der Waals surface area contributed by atoms with E-state index in [-0.39, 0.29) is 5.82 Å².